The summed E-state index contributed by atoms with van der Waals surface area (Å²) >= 11 is 0. The molecule has 0 bridgehead atoms. The topological polar surface area (TPSA) is 48.4 Å². The maximum Gasteiger partial charge on any atom is 0.137 e. The predicted molar refractivity (Wildman–Crippen MR) is 97.4 cm³/mol. The zero-order valence-corrected chi connectivity index (χ0v) is 13.8. The molecule has 3 nitrogen and oxygen atoms in total. The van der Waals surface area contributed by atoms with Crippen LogP contribution < -0.4 is 10.5 Å². The molecule has 2 aromatic carbocycles. The third kappa shape index (κ3) is 4.29. The number of halogens is 1. The highest BCUT2D eigenvalue weighted by molar-refractivity contribution is 5.64. The number of rotatable bonds is 7. The Morgan fingerprint density at radius 2 is 1.92 bits per heavy atom. The van der Waals surface area contributed by atoms with E-state index in [9.17, 15) is 4.39 Å². The van der Waals surface area contributed by atoms with Gasteiger partial charge >= 0.3 is 0 Å². The molecule has 0 fully saturated rings. The molecule has 1 aromatic heterocycles. The van der Waals surface area contributed by atoms with Gasteiger partial charge in [0.25, 0.3) is 0 Å². The first-order valence-corrected chi connectivity index (χ1v) is 8.20. The van der Waals surface area contributed by atoms with Crippen LogP contribution in [0, 0.1) is 5.82 Å². The number of ether oxygens (including phenoxy) is 1. The lowest BCUT2D eigenvalue weighted by Gasteiger charge is -2.09. The van der Waals surface area contributed by atoms with Crippen LogP contribution in [0.25, 0.3) is 16.9 Å². The number of hydrogen-bond acceptors (Lipinski definition) is 3. The van der Waals surface area contributed by atoms with Crippen molar-refractivity contribution in [3.05, 3.63) is 84.5 Å². The number of hydrogen-bond donors (Lipinski definition) is 1. The molecule has 0 saturated carbocycles. The van der Waals surface area contributed by atoms with Crippen molar-refractivity contribution in [3.63, 3.8) is 0 Å². The van der Waals surface area contributed by atoms with Crippen molar-refractivity contribution in [2.45, 2.75) is 12.8 Å². The summed E-state index contributed by atoms with van der Waals surface area (Å²) in [6.45, 7) is 0.490. The van der Waals surface area contributed by atoms with Gasteiger partial charge in [0.1, 0.15) is 17.3 Å². The van der Waals surface area contributed by atoms with Crippen LogP contribution in [0.2, 0.25) is 0 Å². The molecule has 25 heavy (non-hydrogen) atoms. The second-order valence-corrected chi connectivity index (χ2v) is 5.63. The van der Waals surface area contributed by atoms with Crippen molar-refractivity contribution in [1.82, 2.24) is 0 Å². The van der Waals surface area contributed by atoms with Crippen LogP contribution in [-0.4, -0.2) is 6.61 Å². The van der Waals surface area contributed by atoms with E-state index in [1.54, 1.807) is 30.5 Å². The highest BCUT2D eigenvalue weighted by Gasteiger charge is 2.09. The number of nitrogens with two attached hydrogens (primary N) is 1. The Hall–Kier alpha value is -3.01. The Morgan fingerprint density at radius 1 is 1.08 bits per heavy atom. The summed E-state index contributed by atoms with van der Waals surface area (Å²) in [6, 6.07) is 18.3. The van der Waals surface area contributed by atoms with E-state index in [4.69, 9.17) is 14.9 Å². The Morgan fingerprint density at radius 3 is 2.60 bits per heavy atom. The fourth-order valence-electron chi connectivity index (χ4n) is 2.65. The van der Waals surface area contributed by atoms with Crippen LogP contribution in [0.15, 0.2) is 77.5 Å². The standard InChI is InChI=1S/C21H20FNO2/c22-20-14-18(10-11-19(20)21-9-5-13-25-21)24-12-4-8-17(15-23)16-6-2-1-3-7-16/h1-3,5-7,9-11,13-15H,4,8,12,23H2/b17-15-. The summed E-state index contributed by atoms with van der Waals surface area (Å²) < 4.78 is 25.0. The van der Waals surface area contributed by atoms with E-state index in [2.05, 4.69) is 0 Å². The van der Waals surface area contributed by atoms with E-state index in [1.165, 1.54) is 12.3 Å². The molecule has 4 heteroatoms. The molecule has 0 spiro atoms. The summed E-state index contributed by atoms with van der Waals surface area (Å²) in [6.07, 6.45) is 4.74. The molecule has 0 amide bonds. The molecule has 0 saturated heterocycles. The van der Waals surface area contributed by atoms with Crippen molar-refractivity contribution < 1.29 is 13.5 Å². The summed E-state index contributed by atoms with van der Waals surface area (Å²) in [4.78, 5) is 0. The largest absolute Gasteiger partial charge is 0.493 e. The van der Waals surface area contributed by atoms with Crippen LogP contribution in [0.1, 0.15) is 18.4 Å². The van der Waals surface area contributed by atoms with E-state index < -0.39 is 0 Å². The number of allylic oxidation sites excluding steroid dienone is 1. The second-order valence-electron chi connectivity index (χ2n) is 5.63. The van der Waals surface area contributed by atoms with Gasteiger partial charge in [-0.25, -0.2) is 4.39 Å². The van der Waals surface area contributed by atoms with E-state index in [0.717, 1.165) is 24.0 Å². The van der Waals surface area contributed by atoms with Gasteiger partial charge in [-0.2, -0.15) is 0 Å². The van der Waals surface area contributed by atoms with E-state index in [-0.39, 0.29) is 5.82 Å². The normalized spacial score (nSPS) is 11.5. The van der Waals surface area contributed by atoms with Gasteiger partial charge in [0, 0.05) is 6.07 Å². The molecule has 1 heterocycles. The Balaban J connectivity index is 1.53. The smallest absolute Gasteiger partial charge is 0.137 e. The number of furan rings is 1. The first-order valence-electron chi connectivity index (χ1n) is 8.20. The second kappa shape index (κ2) is 8.20. The van der Waals surface area contributed by atoms with Crippen molar-refractivity contribution in [1.29, 1.82) is 0 Å². The molecule has 0 atom stereocenters. The van der Waals surface area contributed by atoms with Gasteiger partial charge in [0.15, 0.2) is 0 Å². The van der Waals surface area contributed by atoms with Crippen LogP contribution in [0.3, 0.4) is 0 Å². The molecule has 0 radical (unpaired) electrons. The zero-order valence-electron chi connectivity index (χ0n) is 13.8. The third-order valence-electron chi connectivity index (χ3n) is 3.93. The van der Waals surface area contributed by atoms with Gasteiger partial charge in [0.2, 0.25) is 0 Å². The molecule has 0 aliphatic rings. The lowest BCUT2D eigenvalue weighted by Crippen LogP contribution is -2.00. The maximum atomic E-state index is 14.2. The molecule has 128 valence electrons. The molecule has 2 N–H and O–H groups in total. The predicted octanol–water partition coefficient (Wildman–Crippen LogP) is 5.24. The monoisotopic (exact) mass is 337 g/mol. The van der Waals surface area contributed by atoms with Gasteiger partial charge in [-0.1, -0.05) is 30.3 Å². The minimum Gasteiger partial charge on any atom is -0.493 e. The van der Waals surface area contributed by atoms with Gasteiger partial charge in [-0.3, -0.25) is 0 Å². The number of benzene rings is 2. The molecular weight excluding hydrogens is 317 g/mol. The SMILES string of the molecule is N/C=C(/CCCOc1ccc(-c2ccco2)c(F)c1)c1ccccc1. The van der Waals surface area contributed by atoms with Crippen molar-refractivity contribution >= 4 is 5.57 Å². The van der Waals surface area contributed by atoms with Crippen LogP contribution in [-0.2, 0) is 0 Å². The molecule has 0 aliphatic carbocycles. The highest BCUT2D eigenvalue weighted by Crippen LogP contribution is 2.27. The first kappa shape index (κ1) is 16.8. The highest BCUT2D eigenvalue weighted by atomic mass is 19.1. The van der Waals surface area contributed by atoms with E-state index in [0.29, 0.717) is 23.7 Å². The van der Waals surface area contributed by atoms with Gasteiger partial charge in [0.05, 0.1) is 18.4 Å². The van der Waals surface area contributed by atoms with E-state index >= 15 is 0 Å². The molecular formula is C21H20FNO2. The summed E-state index contributed by atoms with van der Waals surface area (Å²) in [5.74, 6) is 0.648. The van der Waals surface area contributed by atoms with Gasteiger partial charge < -0.3 is 14.9 Å². The fraction of sp³-hybridized carbons (Fsp3) is 0.143. The lowest BCUT2D eigenvalue weighted by atomic mass is 10.0. The fourth-order valence-corrected chi connectivity index (χ4v) is 2.65. The zero-order chi connectivity index (χ0) is 17.5. The quantitative estimate of drug-likeness (QED) is 0.599. The van der Waals surface area contributed by atoms with E-state index in [1.807, 2.05) is 30.3 Å². The Kier molecular flexibility index (Phi) is 5.52. The average Bonchev–Trinajstić information content (AvgIpc) is 3.17. The van der Waals surface area contributed by atoms with Crippen LogP contribution in [0.4, 0.5) is 4.39 Å². The van der Waals surface area contributed by atoms with Crippen molar-refractivity contribution in [3.8, 4) is 17.1 Å². The summed E-state index contributed by atoms with van der Waals surface area (Å²) in [5, 5.41) is 0. The molecule has 0 aliphatic heterocycles. The summed E-state index contributed by atoms with van der Waals surface area (Å²) in [5.41, 5.74) is 8.33. The average molecular weight is 337 g/mol. The Labute approximate surface area is 146 Å². The maximum absolute atomic E-state index is 14.2. The van der Waals surface area contributed by atoms with Crippen LogP contribution in [0.5, 0.6) is 5.75 Å². The lowest BCUT2D eigenvalue weighted by molar-refractivity contribution is 0.311. The van der Waals surface area contributed by atoms with Crippen LogP contribution >= 0.6 is 0 Å². The van der Waals surface area contributed by atoms with Crippen molar-refractivity contribution in [2.75, 3.05) is 6.61 Å². The molecule has 0 unspecified atom stereocenters. The summed E-state index contributed by atoms with van der Waals surface area (Å²) in [7, 11) is 0. The van der Waals surface area contributed by atoms with Gasteiger partial charge in [-0.05, 0) is 54.4 Å². The van der Waals surface area contributed by atoms with Crippen molar-refractivity contribution in [2.24, 2.45) is 5.73 Å². The van der Waals surface area contributed by atoms with Gasteiger partial charge in [-0.15, -0.1) is 0 Å². The molecule has 3 aromatic rings. The minimum absolute atomic E-state index is 0.362. The Bertz CT molecular complexity index is 826. The third-order valence-corrected chi connectivity index (χ3v) is 3.93. The first-order chi connectivity index (χ1) is 12.3. The molecule has 3 rings (SSSR count). The minimum atomic E-state index is -0.362.